The number of benzene rings is 8. The first kappa shape index (κ1) is 32.2. The Bertz CT molecular complexity index is 2850. The van der Waals surface area contributed by atoms with Crippen LogP contribution in [0.2, 0.25) is 0 Å². The molecule has 2 aromatic heterocycles. The number of hydrogen-bond donors (Lipinski definition) is 0. The summed E-state index contributed by atoms with van der Waals surface area (Å²) in [4.78, 5) is 18.3. The van der Waals surface area contributed by atoms with Crippen molar-refractivity contribution in [1.29, 1.82) is 0 Å². The lowest BCUT2D eigenvalue weighted by Gasteiger charge is -2.27. The number of fused-ring (bicyclic) bond motifs is 5. The molecule has 0 atom stereocenters. The second kappa shape index (κ2) is 13.8. The van der Waals surface area contributed by atoms with Gasteiger partial charge in [0.1, 0.15) is 0 Å². The number of anilines is 3. The quantitative estimate of drug-likeness (QED) is 0.155. The zero-order valence-electron chi connectivity index (χ0n) is 29.9. The summed E-state index contributed by atoms with van der Waals surface area (Å²) in [6, 6.07) is 71.9. The Morgan fingerprint density at radius 2 is 0.927 bits per heavy atom. The Labute approximate surface area is 319 Å². The topological polar surface area (TPSA) is 41.9 Å². The van der Waals surface area contributed by atoms with Gasteiger partial charge in [0.25, 0.3) is 0 Å². The standard InChI is InChI=1S/C51H34N4/c1-6-18-35(19-7-1)44-34-45(53-51(52-44)38-22-10-3-11-23-38)41-29-16-24-36-32-33-43-48(47(36)41)42-30-17-31-46(50(42)54-49(43)37-20-8-2-9-21-37)55(39-25-12-4-13-26-39)40-27-14-5-15-28-40/h1-34H. The number of pyridine rings is 1. The lowest BCUT2D eigenvalue weighted by atomic mass is 9.91. The van der Waals surface area contributed by atoms with E-state index >= 15 is 0 Å². The molecule has 0 aliphatic carbocycles. The summed E-state index contributed by atoms with van der Waals surface area (Å²) in [6.45, 7) is 0. The summed E-state index contributed by atoms with van der Waals surface area (Å²) in [5.41, 5.74) is 10.8. The zero-order valence-corrected chi connectivity index (χ0v) is 29.9. The average Bonchev–Trinajstić information content (AvgIpc) is 3.27. The first-order valence-electron chi connectivity index (χ1n) is 18.5. The van der Waals surface area contributed by atoms with Gasteiger partial charge in [-0.1, -0.05) is 170 Å². The van der Waals surface area contributed by atoms with Crippen LogP contribution in [-0.2, 0) is 0 Å². The molecule has 10 rings (SSSR count). The molecular formula is C51H34N4. The fourth-order valence-electron chi connectivity index (χ4n) is 7.73. The highest BCUT2D eigenvalue weighted by atomic mass is 15.1. The maximum absolute atomic E-state index is 5.59. The van der Waals surface area contributed by atoms with Gasteiger partial charge in [0.05, 0.1) is 28.3 Å². The van der Waals surface area contributed by atoms with Crippen molar-refractivity contribution in [3.8, 4) is 45.2 Å². The summed E-state index contributed by atoms with van der Waals surface area (Å²) in [7, 11) is 0. The van der Waals surface area contributed by atoms with Gasteiger partial charge in [-0.3, -0.25) is 0 Å². The van der Waals surface area contributed by atoms with E-state index < -0.39 is 0 Å². The third kappa shape index (κ3) is 5.87. The molecule has 0 bridgehead atoms. The number of para-hydroxylation sites is 3. The van der Waals surface area contributed by atoms with Gasteiger partial charge >= 0.3 is 0 Å². The summed E-state index contributed by atoms with van der Waals surface area (Å²) in [6.07, 6.45) is 0. The van der Waals surface area contributed by atoms with E-state index in [9.17, 15) is 0 Å². The van der Waals surface area contributed by atoms with Crippen molar-refractivity contribution in [3.63, 3.8) is 0 Å². The van der Waals surface area contributed by atoms with Crippen LogP contribution in [0.15, 0.2) is 206 Å². The lowest BCUT2D eigenvalue weighted by molar-refractivity contribution is 1.19. The molecule has 0 amide bonds. The summed E-state index contributed by atoms with van der Waals surface area (Å²) >= 11 is 0. The fraction of sp³-hybridized carbons (Fsp3) is 0. The Kier molecular flexibility index (Phi) is 8.12. The minimum Gasteiger partial charge on any atom is -0.308 e. The molecule has 258 valence electrons. The first-order valence-corrected chi connectivity index (χ1v) is 18.5. The molecule has 0 aliphatic heterocycles. The van der Waals surface area contributed by atoms with Gasteiger partial charge in [-0.2, -0.15) is 0 Å². The Morgan fingerprint density at radius 3 is 1.58 bits per heavy atom. The number of rotatable bonds is 7. The summed E-state index contributed by atoms with van der Waals surface area (Å²) in [5.74, 6) is 0.689. The molecule has 0 N–H and O–H groups in total. The predicted molar refractivity (Wildman–Crippen MR) is 229 cm³/mol. The SMILES string of the molecule is c1ccc(-c2cc(-c3cccc4ccc5c(-c6ccccc6)nc6c(N(c7ccccc7)c7ccccc7)cccc6c5c34)nc(-c3ccccc3)n2)cc1. The van der Waals surface area contributed by atoms with Gasteiger partial charge in [-0.25, -0.2) is 15.0 Å². The second-order valence-corrected chi connectivity index (χ2v) is 13.6. The molecule has 4 heteroatoms. The van der Waals surface area contributed by atoms with Gasteiger partial charge in [-0.05, 0) is 47.2 Å². The van der Waals surface area contributed by atoms with Crippen LogP contribution in [0.4, 0.5) is 17.1 Å². The molecule has 10 aromatic rings. The van der Waals surface area contributed by atoms with E-state index in [1.165, 1.54) is 0 Å². The van der Waals surface area contributed by atoms with Crippen LogP contribution in [0.5, 0.6) is 0 Å². The number of hydrogen-bond acceptors (Lipinski definition) is 4. The molecule has 0 radical (unpaired) electrons. The molecule has 0 fully saturated rings. The average molecular weight is 703 g/mol. The third-order valence-corrected chi connectivity index (χ3v) is 10.2. The molecule has 55 heavy (non-hydrogen) atoms. The monoisotopic (exact) mass is 702 g/mol. The van der Waals surface area contributed by atoms with Crippen LogP contribution in [0.25, 0.3) is 77.6 Å². The van der Waals surface area contributed by atoms with Crippen molar-refractivity contribution in [3.05, 3.63) is 206 Å². The van der Waals surface area contributed by atoms with E-state index in [1.807, 2.05) is 24.3 Å². The Morgan fingerprint density at radius 1 is 0.364 bits per heavy atom. The van der Waals surface area contributed by atoms with Crippen molar-refractivity contribution < 1.29 is 0 Å². The Hall–Kier alpha value is -7.43. The molecule has 0 aliphatic rings. The maximum Gasteiger partial charge on any atom is 0.160 e. The fourth-order valence-corrected chi connectivity index (χ4v) is 7.73. The van der Waals surface area contributed by atoms with Crippen LogP contribution in [-0.4, -0.2) is 15.0 Å². The first-order chi connectivity index (χ1) is 27.3. The van der Waals surface area contributed by atoms with Crippen molar-refractivity contribution >= 4 is 49.5 Å². The molecule has 0 saturated carbocycles. The molecule has 2 heterocycles. The van der Waals surface area contributed by atoms with E-state index in [-0.39, 0.29) is 0 Å². The van der Waals surface area contributed by atoms with Gasteiger partial charge in [0.15, 0.2) is 5.82 Å². The summed E-state index contributed by atoms with van der Waals surface area (Å²) < 4.78 is 0. The molecule has 8 aromatic carbocycles. The van der Waals surface area contributed by atoms with Crippen LogP contribution in [0.1, 0.15) is 0 Å². The highest BCUT2D eigenvalue weighted by Crippen LogP contribution is 2.45. The third-order valence-electron chi connectivity index (χ3n) is 10.2. The van der Waals surface area contributed by atoms with Gasteiger partial charge in [-0.15, -0.1) is 0 Å². The van der Waals surface area contributed by atoms with Crippen LogP contribution >= 0.6 is 0 Å². The molecule has 0 saturated heterocycles. The van der Waals surface area contributed by atoms with E-state index in [1.54, 1.807) is 0 Å². The van der Waals surface area contributed by atoms with E-state index in [4.69, 9.17) is 15.0 Å². The smallest absolute Gasteiger partial charge is 0.160 e. The van der Waals surface area contributed by atoms with Gasteiger partial charge < -0.3 is 4.90 Å². The van der Waals surface area contributed by atoms with Gasteiger partial charge in [0, 0.05) is 49.8 Å². The Balaban J connectivity index is 1.33. The summed E-state index contributed by atoms with van der Waals surface area (Å²) in [5, 5.41) is 5.56. The van der Waals surface area contributed by atoms with Crippen LogP contribution in [0.3, 0.4) is 0 Å². The number of nitrogens with zero attached hydrogens (tertiary/aromatic N) is 4. The highest BCUT2D eigenvalue weighted by molar-refractivity contribution is 6.27. The number of aromatic nitrogens is 3. The highest BCUT2D eigenvalue weighted by Gasteiger charge is 2.22. The minimum atomic E-state index is 0.689. The van der Waals surface area contributed by atoms with Gasteiger partial charge in [0.2, 0.25) is 0 Å². The van der Waals surface area contributed by atoms with Crippen LogP contribution in [0, 0.1) is 0 Å². The second-order valence-electron chi connectivity index (χ2n) is 13.6. The van der Waals surface area contributed by atoms with Crippen LogP contribution < -0.4 is 4.90 Å². The van der Waals surface area contributed by atoms with E-state index in [2.05, 4.69) is 187 Å². The van der Waals surface area contributed by atoms with Crippen molar-refractivity contribution in [1.82, 2.24) is 15.0 Å². The molecule has 4 nitrogen and oxygen atoms in total. The molecular weight excluding hydrogens is 669 g/mol. The molecule has 0 unspecified atom stereocenters. The normalized spacial score (nSPS) is 11.3. The van der Waals surface area contributed by atoms with Crippen molar-refractivity contribution in [2.24, 2.45) is 0 Å². The van der Waals surface area contributed by atoms with E-state index in [0.29, 0.717) is 5.82 Å². The minimum absolute atomic E-state index is 0.689. The largest absolute Gasteiger partial charge is 0.308 e. The van der Waals surface area contributed by atoms with E-state index in [0.717, 1.165) is 88.8 Å². The van der Waals surface area contributed by atoms with Crippen molar-refractivity contribution in [2.75, 3.05) is 4.90 Å². The zero-order chi connectivity index (χ0) is 36.6. The lowest BCUT2D eigenvalue weighted by Crippen LogP contribution is -2.11. The maximum atomic E-state index is 5.59. The van der Waals surface area contributed by atoms with Crippen molar-refractivity contribution in [2.45, 2.75) is 0 Å². The molecule has 0 spiro atoms. The predicted octanol–water partition coefficient (Wildman–Crippen LogP) is 13.5.